The quantitative estimate of drug-likeness (QED) is 0.630. The number of carbonyl (C=O) groups is 2. The van der Waals surface area contributed by atoms with Gasteiger partial charge < -0.3 is 20.3 Å². The van der Waals surface area contributed by atoms with Crippen molar-refractivity contribution in [1.29, 1.82) is 0 Å². The summed E-state index contributed by atoms with van der Waals surface area (Å²) in [5, 5.41) is 20.5. The zero-order valence-corrected chi connectivity index (χ0v) is 12.2. The molecule has 6 nitrogen and oxygen atoms in total. The standard InChI is InChI=1S/C15H21NO5/c1-3-4-9-21-12-7-5-11(6-8-12)14(18)16-13(10(2)17)15(19)20/h5-8,10,13,17H,3-4,9H2,1-2H3,(H,16,18)(H,19,20). The highest BCUT2D eigenvalue weighted by molar-refractivity contribution is 5.96. The van der Waals surface area contributed by atoms with Crippen LogP contribution < -0.4 is 10.1 Å². The van der Waals surface area contributed by atoms with Gasteiger partial charge in [-0.2, -0.15) is 0 Å². The molecular formula is C15H21NO5. The zero-order chi connectivity index (χ0) is 15.8. The smallest absolute Gasteiger partial charge is 0.328 e. The van der Waals surface area contributed by atoms with E-state index in [4.69, 9.17) is 9.84 Å². The number of aliphatic carboxylic acids is 1. The summed E-state index contributed by atoms with van der Waals surface area (Å²) in [7, 11) is 0. The third kappa shape index (κ3) is 5.43. The van der Waals surface area contributed by atoms with E-state index in [0.717, 1.165) is 12.8 Å². The number of unbranched alkanes of at least 4 members (excludes halogenated alkanes) is 1. The summed E-state index contributed by atoms with van der Waals surface area (Å²) in [6.45, 7) is 3.99. The summed E-state index contributed by atoms with van der Waals surface area (Å²) in [6, 6.07) is 5.08. The van der Waals surface area contributed by atoms with Gasteiger partial charge >= 0.3 is 5.97 Å². The number of rotatable bonds is 8. The molecule has 0 saturated carbocycles. The average molecular weight is 295 g/mol. The average Bonchev–Trinajstić information content (AvgIpc) is 2.44. The number of carboxylic acids is 1. The molecule has 0 aliphatic heterocycles. The lowest BCUT2D eigenvalue weighted by molar-refractivity contribution is -0.141. The molecule has 1 amide bonds. The maximum atomic E-state index is 11.9. The van der Waals surface area contributed by atoms with E-state index in [1.807, 2.05) is 0 Å². The van der Waals surface area contributed by atoms with Crippen LogP contribution in [0, 0.1) is 0 Å². The Labute approximate surface area is 123 Å². The molecule has 0 radical (unpaired) electrons. The molecule has 0 fully saturated rings. The summed E-state index contributed by atoms with van der Waals surface area (Å²) < 4.78 is 5.47. The molecule has 0 aliphatic carbocycles. The molecule has 0 heterocycles. The van der Waals surface area contributed by atoms with Crippen LogP contribution in [0.3, 0.4) is 0 Å². The maximum absolute atomic E-state index is 11.9. The van der Waals surface area contributed by atoms with Gasteiger partial charge in [-0.25, -0.2) is 4.79 Å². The second-order valence-electron chi connectivity index (χ2n) is 4.76. The van der Waals surface area contributed by atoms with Crippen molar-refractivity contribution in [1.82, 2.24) is 5.32 Å². The fourth-order valence-electron chi connectivity index (χ4n) is 1.65. The topological polar surface area (TPSA) is 95.9 Å². The van der Waals surface area contributed by atoms with Gasteiger partial charge in [0.25, 0.3) is 5.91 Å². The molecule has 0 aliphatic rings. The van der Waals surface area contributed by atoms with Crippen LogP contribution in [0.2, 0.25) is 0 Å². The van der Waals surface area contributed by atoms with Crippen LogP contribution >= 0.6 is 0 Å². The van der Waals surface area contributed by atoms with Gasteiger partial charge in [-0.05, 0) is 37.6 Å². The Morgan fingerprint density at radius 1 is 1.29 bits per heavy atom. The second kappa shape index (κ2) is 8.26. The number of amides is 1. The third-order valence-electron chi connectivity index (χ3n) is 2.92. The number of hydrogen-bond acceptors (Lipinski definition) is 4. The summed E-state index contributed by atoms with van der Waals surface area (Å²) in [5.41, 5.74) is 0.310. The van der Waals surface area contributed by atoms with Crippen LogP contribution in [0.1, 0.15) is 37.0 Å². The molecule has 2 atom stereocenters. The van der Waals surface area contributed by atoms with Crippen molar-refractivity contribution in [2.24, 2.45) is 0 Å². The van der Waals surface area contributed by atoms with E-state index in [1.54, 1.807) is 24.3 Å². The van der Waals surface area contributed by atoms with Crippen molar-refractivity contribution >= 4 is 11.9 Å². The summed E-state index contributed by atoms with van der Waals surface area (Å²) in [6.07, 6.45) is 0.816. The fourth-order valence-corrected chi connectivity index (χ4v) is 1.65. The molecule has 0 bridgehead atoms. The van der Waals surface area contributed by atoms with Gasteiger partial charge in [-0.3, -0.25) is 4.79 Å². The highest BCUT2D eigenvalue weighted by Crippen LogP contribution is 2.13. The normalized spacial score (nSPS) is 13.3. The van der Waals surface area contributed by atoms with E-state index in [1.165, 1.54) is 6.92 Å². The number of aliphatic hydroxyl groups excluding tert-OH is 1. The number of aliphatic hydroxyl groups is 1. The van der Waals surface area contributed by atoms with Crippen molar-refractivity contribution in [2.75, 3.05) is 6.61 Å². The predicted octanol–water partition coefficient (Wildman–Crippen LogP) is 1.43. The highest BCUT2D eigenvalue weighted by Gasteiger charge is 2.25. The first-order chi connectivity index (χ1) is 9.95. The van der Waals surface area contributed by atoms with Crippen LogP contribution in [-0.4, -0.2) is 40.8 Å². The van der Waals surface area contributed by atoms with E-state index in [9.17, 15) is 14.7 Å². The van der Waals surface area contributed by atoms with E-state index in [-0.39, 0.29) is 0 Å². The van der Waals surface area contributed by atoms with Crippen molar-refractivity contribution in [3.63, 3.8) is 0 Å². The number of benzene rings is 1. The minimum atomic E-state index is -1.34. The zero-order valence-electron chi connectivity index (χ0n) is 12.2. The molecule has 0 aromatic heterocycles. The molecule has 2 unspecified atom stereocenters. The Hall–Kier alpha value is -2.08. The van der Waals surface area contributed by atoms with Gasteiger partial charge in [0.05, 0.1) is 12.7 Å². The summed E-state index contributed by atoms with van der Waals surface area (Å²) in [5.74, 6) is -1.17. The molecule has 0 spiro atoms. The maximum Gasteiger partial charge on any atom is 0.328 e. The van der Waals surface area contributed by atoms with Crippen molar-refractivity contribution in [2.45, 2.75) is 38.8 Å². The van der Waals surface area contributed by atoms with E-state index in [2.05, 4.69) is 12.2 Å². The number of ether oxygens (including phenoxy) is 1. The van der Waals surface area contributed by atoms with Gasteiger partial charge in [0.15, 0.2) is 6.04 Å². The van der Waals surface area contributed by atoms with Crippen molar-refractivity contribution in [3.8, 4) is 5.75 Å². The molecular weight excluding hydrogens is 274 g/mol. The van der Waals surface area contributed by atoms with Crippen LogP contribution in [0.15, 0.2) is 24.3 Å². The van der Waals surface area contributed by atoms with Gasteiger partial charge in [-0.15, -0.1) is 0 Å². The number of carbonyl (C=O) groups excluding carboxylic acids is 1. The summed E-state index contributed by atoms with van der Waals surface area (Å²) >= 11 is 0. The Morgan fingerprint density at radius 3 is 2.38 bits per heavy atom. The van der Waals surface area contributed by atoms with Crippen LogP contribution in [0.25, 0.3) is 0 Å². The number of carboxylic acid groups (broad SMARTS) is 1. The lowest BCUT2D eigenvalue weighted by Gasteiger charge is -2.17. The Morgan fingerprint density at radius 2 is 1.90 bits per heavy atom. The van der Waals surface area contributed by atoms with Gasteiger partial charge in [0, 0.05) is 5.56 Å². The molecule has 6 heteroatoms. The first kappa shape index (κ1) is 17.0. The second-order valence-corrected chi connectivity index (χ2v) is 4.76. The van der Waals surface area contributed by atoms with Gasteiger partial charge in [0.1, 0.15) is 5.75 Å². The molecule has 3 N–H and O–H groups in total. The minimum absolute atomic E-state index is 0.310. The van der Waals surface area contributed by atoms with E-state index < -0.39 is 24.0 Å². The highest BCUT2D eigenvalue weighted by atomic mass is 16.5. The minimum Gasteiger partial charge on any atom is -0.494 e. The Bertz CT molecular complexity index is 469. The molecule has 116 valence electrons. The molecule has 21 heavy (non-hydrogen) atoms. The van der Waals surface area contributed by atoms with Gasteiger partial charge in [0.2, 0.25) is 0 Å². The molecule has 1 aromatic rings. The molecule has 0 saturated heterocycles. The van der Waals surface area contributed by atoms with E-state index >= 15 is 0 Å². The van der Waals surface area contributed by atoms with Crippen molar-refractivity contribution < 1.29 is 24.5 Å². The van der Waals surface area contributed by atoms with Gasteiger partial charge in [-0.1, -0.05) is 13.3 Å². The Balaban J connectivity index is 2.64. The number of hydrogen-bond donors (Lipinski definition) is 3. The lowest BCUT2D eigenvalue weighted by Crippen LogP contribution is -2.47. The van der Waals surface area contributed by atoms with Crippen molar-refractivity contribution in [3.05, 3.63) is 29.8 Å². The largest absolute Gasteiger partial charge is 0.494 e. The van der Waals surface area contributed by atoms with Crippen LogP contribution in [-0.2, 0) is 4.79 Å². The SMILES string of the molecule is CCCCOc1ccc(C(=O)NC(C(=O)O)C(C)O)cc1. The molecule has 1 rings (SSSR count). The predicted molar refractivity (Wildman–Crippen MR) is 77.4 cm³/mol. The first-order valence-electron chi connectivity index (χ1n) is 6.90. The third-order valence-corrected chi connectivity index (χ3v) is 2.92. The van der Waals surface area contributed by atoms with Crippen LogP contribution in [0.4, 0.5) is 0 Å². The summed E-state index contributed by atoms with van der Waals surface area (Å²) in [4.78, 5) is 22.8. The monoisotopic (exact) mass is 295 g/mol. The molecule has 1 aromatic carbocycles. The first-order valence-corrected chi connectivity index (χ1v) is 6.90. The fraction of sp³-hybridized carbons (Fsp3) is 0.467. The number of nitrogens with one attached hydrogen (secondary N) is 1. The Kier molecular flexibility index (Phi) is 6.68. The lowest BCUT2D eigenvalue weighted by atomic mass is 10.1. The van der Waals surface area contributed by atoms with E-state index in [0.29, 0.717) is 17.9 Å². The van der Waals surface area contributed by atoms with Crippen LogP contribution in [0.5, 0.6) is 5.75 Å².